The minimum Gasteiger partial charge on any atom is -0.295 e. The Labute approximate surface area is 220 Å². The van der Waals surface area contributed by atoms with Gasteiger partial charge in [0.25, 0.3) is 5.56 Å². The lowest BCUT2D eigenvalue weighted by Crippen LogP contribution is -2.37. The molecule has 6 nitrogen and oxygen atoms in total. The molecule has 0 fully saturated rings. The van der Waals surface area contributed by atoms with Crippen LogP contribution >= 0.6 is 11.8 Å². The van der Waals surface area contributed by atoms with Crippen molar-refractivity contribution in [2.75, 3.05) is 6.26 Å². The van der Waals surface area contributed by atoms with Crippen molar-refractivity contribution in [3.8, 4) is 5.69 Å². The number of aromatic nitrogens is 4. The fraction of sp³-hybridized carbons (Fsp3) is 0.276. The molecule has 2 heterocycles. The molecule has 4 rings (SSSR count). The molecule has 0 unspecified atom stereocenters. The Morgan fingerprint density at radius 2 is 1.84 bits per heavy atom. The standard InChI is InChI=1S/C23H23FN2O2S.C6H10N2/c1-5-16-10-11-18(24)17(13-16)15(3)22-19(12-14(2)27)25-26(23(22)28)20-8-6-7-9-21(20)29-4;1-3-6-4-5-8(2)7-6/h6-13,25H,5H2,1-4H3;4-5H,3H2,1-2H3/b19-12+,22-15-;. The van der Waals surface area contributed by atoms with E-state index in [0.29, 0.717) is 27.4 Å². The highest BCUT2D eigenvalue weighted by Crippen LogP contribution is 2.21. The second-order valence-corrected chi connectivity index (χ2v) is 9.44. The molecule has 0 radical (unpaired) electrons. The molecule has 2 aromatic heterocycles. The van der Waals surface area contributed by atoms with Gasteiger partial charge in [-0.15, -0.1) is 11.8 Å². The molecule has 0 bridgehead atoms. The van der Waals surface area contributed by atoms with Crippen LogP contribution in [0.15, 0.2) is 64.4 Å². The number of para-hydroxylation sites is 1. The van der Waals surface area contributed by atoms with E-state index < -0.39 is 5.82 Å². The summed E-state index contributed by atoms with van der Waals surface area (Å²) >= 11 is 1.52. The van der Waals surface area contributed by atoms with Gasteiger partial charge in [-0.3, -0.25) is 19.4 Å². The van der Waals surface area contributed by atoms with Crippen LogP contribution in [0.3, 0.4) is 0 Å². The summed E-state index contributed by atoms with van der Waals surface area (Å²) in [6.45, 7) is 7.22. The first-order valence-electron chi connectivity index (χ1n) is 12.1. The number of carbonyl (C=O) groups is 1. The molecule has 0 aliphatic carbocycles. The van der Waals surface area contributed by atoms with E-state index in [4.69, 9.17) is 0 Å². The maximum atomic E-state index is 14.6. The topological polar surface area (TPSA) is 72.7 Å². The summed E-state index contributed by atoms with van der Waals surface area (Å²) in [6, 6.07) is 14.4. The number of rotatable bonds is 6. The molecule has 0 spiro atoms. The number of aromatic amines is 1. The summed E-state index contributed by atoms with van der Waals surface area (Å²) < 4.78 is 17.8. The second kappa shape index (κ2) is 12.5. The van der Waals surface area contributed by atoms with E-state index in [0.717, 1.165) is 29.0 Å². The number of hydrogen-bond acceptors (Lipinski definition) is 4. The highest BCUT2D eigenvalue weighted by atomic mass is 32.2. The smallest absolute Gasteiger partial charge is 0.279 e. The fourth-order valence-electron chi connectivity index (χ4n) is 3.97. The Morgan fingerprint density at radius 3 is 2.41 bits per heavy atom. The van der Waals surface area contributed by atoms with Gasteiger partial charge in [0.2, 0.25) is 0 Å². The van der Waals surface area contributed by atoms with Crippen molar-refractivity contribution in [3.05, 3.63) is 98.3 Å². The Bertz CT molecular complexity index is 1580. The number of thioether (sulfide) groups is 1. The molecule has 0 saturated heterocycles. The van der Waals surface area contributed by atoms with Gasteiger partial charge in [-0.05, 0) is 74.4 Å². The van der Waals surface area contributed by atoms with Crippen molar-refractivity contribution in [2.24, 2.45) is 7.05 Å². The van der Waals surface area contributed by atoms with Crippen LogP contribution in [0.5, 0.6) is 0 Å². The van der Waals surface area contributed by atoms with Crippen molar-refractivity contribution in [1.82, 2.24) is 19.6 Å². The van der Waals surface area contributed by atoms with Gasteiger partial charge in [0.05, 0.1) is 21.9 Å². The lowest BCUT2D eigenvalue weighted by atomic mass is 10.0. The quantitative estimate of drug-likeness (QED) is 0.388. The predicted octanol–water partition coefficient (Wildman–Crippen LogP) is 4.16. The molecule has 8 heteroatoms. The fourth-order valence-corrected chi connectivity index (χ4v) is 4.56. The molecule has 4 aromatic rings. The molecule has 0 saturated carbocycles. The van der Waals surface area contributed by atoms with Gasteiger partial charge >= 0.3 is 0 Å². The first kappa shape index (κ1) is 27.9. The van der Waals surface area contributed by atoms with Crippen molar-refractivity contribution in [2.45, 2.75) is 45.4 Å². The summed E-state index contributed by atoms with van der Waals surface area (Å²) in [5, 5.41) is 7.86. The minimum absolute atomic E-state index is 0.201. The molecule has 0 aliphatic heterocycles. The first-order chi connectivity index (χ1) is 17.7. The van der Waals surface area contributed by atoms with Crippen LogP contribution in [0.2, 0.25) is 0 Å². The normalized spacial score (nSPS) is 12.2. The Kier molecular flexibility index (Phi) is 9.47. The third kappa shape index (κ3) is 6.57. The van der Waals surface area contributed by atoms with Crippen molar-refractivity contribution < 1.29 is 9.18 Å². The zero-order valence-corrected chi connectivity index (χ0v) is 22.9. The van der Waals surface area contributed by atoms with E-state index in [-0.39, 0.29) is 11.3 Å². The zero-order chi connectivity index (χ0) is 27.1. The van der Waals surface area contributed by atoms with Crippen molar-refractivity contribution in [1.29, 1.82) is 0 Å². The third-order valence-corrected chi connectivity index (χ3v) is 6.73. The average molecular weight is 521 g/mol. The van der Waals surface area contributed by atoms with E-state index in [1.54, 1.807) is 19.1 Å². The number of H-pyrrole nitrogens is 1. The maximum Gasteiger partial charge on any atom is 0.279 e. The number of aryl methyl sites for hydroxylation is 3. The van der Waals surface area contributed by atoms with Gasteiger partial charge in [0, 0.05) is 29.8 Å². The van der Waals surface area contributed by atoms with Gasteiger partial charge in [-0.1, -0.05) is 32.0 Å². The van der Waals surface area contributed by atoms with E-state index in [9.17, 15) is 14.0 Å². The van der Waals surface area contributed by atoms with Crippen LogP contribution in [-0.4, -0.2) is 31.6 Å². The molecule has 37 heavy (non-hydrogen) atoms. The summed E-state index contributed by atoms with van der Waals surface area (Å²) in [6.07, 6.45) is 7.05. The van der Waals surface area contributed by atoms with Gasteiger partial charge in [-0.25, -0.2) is 9.07 Å². The number of hydrogen-bond donors (Lipinski definition) is 1. The number of nitrogens with zero attached hydrogens (tertiary/aromatic N) is 3. The number of ketones is 1. The molecule has 0 atom stereocenters. The SMILES string of the molecule is CCc1ccc(F)c(/C(C)=c2\c(=O)n(-c3ccccc3SC)[nH]\c2=C\C(C)=O)c1.CCc1ccn(C)n1. The van der Waals surface area contributed by atoms with E-state index in [1.165, 1.54) is 35.5 Å². The van der Waals surface area contributed by atoms with Crippen LogP contribution < -0.4 is 16.1 Å². The number of halogens is 1. The molecule has 194 valence electrons. The molecular formula is C29H33FN4O2S. The first-order valence-corrected chi connectivity index (χ1v) is 13.4. The minimum atomic E-state index is -0.398. The van der Waals surface area contributed by atoms with E-state index in [1.807, 2.05) is 61.4 Å². The summed E-state index contributed by atoms with van der Waals surface area (Å²) in [5.41, 5.74) is 3.35. The number of nitrogens with one attached hydrogen (secondary N) is 1. The van der Waals surface area contributed by atoms with Crippen molar-refractivity contribution in [3.63, 3.8) is 0 Å². The van der Waals surface area contributed by atoms with Gasteiger partial charge < -0.3 is 0 Å². The van der Waals surface area contributed by atoms with E-state index >= 15 is 0 Å². The Hall–Kier alpha value is -3.65. The van der Waals surface area contributed by atoms with Gasteiger partial charge in [0.15, 0.2) is 5.78 Å². The third-order valence-electron chi connectivity index (χ3n) is 5.94. The lowest BCUT2D eigenvalue weighted by molar-refractivity contribution is -0.111. The largest absolute Gasteiger partial charge is 0.295 e. The summed E-state index contributed by atoms with van der Waals surface area (Å²) in [5.74, 6) is -0.599. The molecule has 0 amide bonds. The Morgan fingerprint density at radius 1 is 1.11 bits per heavy atom. The average Bonchev–Trinajstić information content (AvgIpc) is 3.46. The molecular weight excluding hydrogens is 487 g/mol. The van der Waals surface area contributed by atoms with Crippen LogP contribution in [0, 0.1) is 5.82 Å². The van der Waals surface area contributed by atoms with Gasteiger partial charge in [-0.2, -0.15) is 5.10 Å². The van der Waals surface area contributed by atoms with Crippen LogP contribution in [-0.2, 0) is 24.7 Å². The van der Waals surface area contributed by atoms with Crippen LogP contribution in [0.25, 0.3) is 17.3 Å². The van der Waals surface area contributed by atoms with Gasteiger partial charge in [0.1, 0.15) is 5.82 Å². The highest BCUT2D eigenvalue weighted by Gasteiger charge is 2.14. The number of benzene rings is 2. The van der Waals surface area contributed by atoms with Crippen LogP contribution in [0.4, 0.5) is 4.39 Å². The predicted molar refractivity (Wildman–Crippen MR) is 149 cm³/mol. The highest BCUT2D eigenvalue weighted by molar-refractivity contribution is 7.98. The molecule has 1 N–H and O–H groups in total. The number of carbonyl (C=O) groups excluding carboxylic acids is 1. The summed E-state index contributed by atoms with van der Waals surface area (Å²) in [7, 11) is 1.93. The Balaban J connectivity index is 0.000000405. The van der Waals surface area contributed by atoms with Crippen molar-refractivity contribution >= 4 is 29.2 Å². The lowest BCUT2D eigenvalue weighted by Gasteiger charge is -2.06. The molecule has 2 aromatic carbocycles. The second-order valence-electron chi connectivity index (χ2n) is 8.59. The zero-order valence-electron chi connectivity index (χ0n) is 22.1. The molecule has 0 aliphatic rings. The monoisotopic (exact) mass is 520 g/mol. The summed E-state index contributed by atoms with van der Waals surface area (Å²) in [4.78, 5) is 26.1. The van der Waals surface area contributed by atoms with E-state index in [2.05, 4.69) is 17.1 Å². The maximum absolute atomic E-state index is 14.6. The number of Topliss-reactive ketones (excluding diaryl/α,β-unsaturated/α-hetero) is 1. The van der Waals surface area contributed by atoms with Crippen LogP contribution in [0.1, 0.15) is 44.5 Å².